The van der Waals surface area contributed by atoms with Crippen LogP contribution in [0.4, 0.5) is 5.69 Å². The van der Waals surface area contributed by atoms with Gasteiger partial charge in [0.15, 0.2) is 5.54 Å². The zero-order chi connectivity index (χ0) is 30.2. The summed E-state index contributed by atoms with van der Waals surface area (Å²) in [5.74, 6) is -2.95. The summed E-state index contributed by atoms with van der Waals surface area (Å²) in [7, 11) is -0.143. The highest BCUT2D eigenvalue weighted by atomic mass is 32.2. The number of para-hydroxylation sites is 1. The molecular formula is C30H36N4O7S. The second-order valence-corrected chi connectivity index (χ2v) is 12.8. The van der Waals surface area contributed by atoms with Gasteiger partial charge in [0, 0.05) is 37.3 Å². The standard InChI is InChI=1S/C30H36N4O7S/c1-4-13-33-24-12-6-5-11-23(24)30(29(33)38)25(27(36)28(37)34(30)15-8-14-31(2)3)26(35)21-9-7-10-22(20-21)42(39,40)32-16-18-41-19-17-32/h5-7,9-12,20,35H,4,8,13-19H2,1-3H3/b26-25-. The summed E-state index contributed by atoms with van der Waals surface area (Å²) in [5.41, 5.74) is -1.21. The molecule has 12 heteroatoms. The number of amides is 2. The molecule has 5 rings (SSSR count). The summed E-state index contributed by atoms with van der Waals surface area (Å²) in [6, 6.07) is 12.6. The second kappa shape index (κ2) is 11.6. The van der Waals surface area contributed by atoms with Crippen molar-refractivity contribution in [1.29, 1.82) is 0 Å². The first-order chi connectivity index (χ1) is 20.1. The molecule has 0 bridgehead atoms. The molecule has 2 fully saturated rings. The number of hydrogen-bond donors (Lipinski definition) is 1. The topological polar surface area (TPSA) is 128 Å². The summed E-state index contributed by atoms with van der Waals surface area (Å²) in [4.78, 5) is 46.7. The van der Waals surface area contributed by atoms with Crippen LogP contribution < -0.4 is 4.90 Å². The summed E-state index contributed by atoms with van der Waals surface area (Å²) in [6.07, 6.45) is 1.11. The fourth-order valence-electron chi connectivity index (χ4n) is 6.04. The van der Waals surface area contributed by atoms with Gasteiger partial charge in [-0.15, -0.1) is 0 Å². The number of ketones is 1. The maximum atomic E-state index is 14.5. The lowest BCUT2D eigenvalue weighted by Gasteiger charge is -2.34. The van der Waals surface area contributed by atoms with E-state index < -0.39 is 38.9 Å². The van der Waals surface area contributed by atoms with Crippen molar-refractivity contribution in [2.24, 2.45) is 0 Å². The van der Waals surface area contributed by atoms with E-state index in [0.717, 1.165) is 0 Å². The van der Waals surface area contributed by atoms with E-state index in [0.29, 0.717) is 37.2 Å². The number of anilines is 1. The minimum absolute atomic E-state index is 0.0224. The second-order valence-electron chi connectivity index (χ2n) is 10.9. The van der Waals surface area contributed by atoms with E-state index >= 15 is 0 Å². The number of carbonyl (C=O) groups excluding carboxylic acids is 3. The van der Waals surface area contributed by atoms with Gasteiger partial charge in [-0.1, -0.05) is 37.3 Å². The SMILES string of the molecule is CCCN1C(=O)C2(/C(=C(\O)c3cccc(S(=O)(=O)N4CCOCC4)c3)C(=O)C(=O)N2CCCN(C)C)c2ccccc21. The number of rotatable bonds is 9. The Morgan fingerprint density at radius 1 is 1.02 bits per heavy atom. The minimum atomic E-state index is -3.92. The van der Waals surface area contributed by atoms with Crippen LogP contribution in [0.3, 0.4) is 0 Å². The molecular weight excluding hydrogens is 560 g/mol. The third-order valence-electron chi connectivity index (χ3n) is 7.96. The highest BCUT2D eigenvalue weighted by Crippen LogP contribution is 2.53. The minimum Gasteiger partial charge on any atom is -0.507 e. The van der Waals surface area contributed by atoms with Gasteiger partial charge >= 0.3 is 0 Å². The zero-order valence-electron chi connectivity index (χ0n) is 24.1. The predicted molar refractivity (Wildman–Crippen MR) is 156 cm³/mol. The molecule has 3 aliphatic heterocycles. The van der Waals surface area contributed by atoms with E-state index in [4.69, 9.17) is 4.74 Å². The molecule has 0 radical (unpaired) electrons. The Hall–Kier alpha value is -3.58. The average molecular weight is 597 g/mol. The molecule has 1 spiro atoms. The molecule has 1 N–H and O–H groups in total. The van der Waals surface area contributed by atoms with E-state index in [1.54, 1.807) is 29.2 Å². The van der Waals surface area contributed by atoms with Crippen LogP contribution in [0, 0.1) is 0 Å². The van der Waals surface area contributed by atoms with Crippen molar-refractivity contribution in [3.05, 3.63) is 65.2 Å². The molecule has 0 saturated carbocycles. The number of likely N-dealkylation sites (tertiary alicyclic amines) is 1. The number of hydrogen-bond acceptors (Lipinski definition) is 8. The van der Waals surface area contributed by atoms with Gasteiger partial charge in [-0.3, -0.25) is 14.4 Å². The van der Waals surface area contributed by atoms with E-state index in [9.17, 15) is 27.9 Å². The van der Waals surface area contributed by atoms with Crippen molar-refractivity contribution in [2.75, 3.05) is 64.9 Å². The molecule has 2 amide bonds. The van der Waals surface area contributed by atoms with Crippen molar-refractivity contribution in [2.45, 2.75) is 30.2 Å². The van der Waals surface area contributed by atoms with Crippen molar-refractivity contribution >= 4 is 39.1 Å². The van der Waals surface area contributed by atoms with E-state index in [1.807, 2.05) is 25.9 Å². The van der Waals surface area contributed by atoms with Gasteiger partial charge in [0.05, 0.1) is 29.4 Å². The normalized spacial score (nSPS) is 22.5. The number of Topliss-reactive ketones (excluding diaryl/α,β-unsaturated/α-hetero) is 1. The Balaban J connectivity index is 1.70. The summed E-state index contributed by atoms with van der Waals surface area (Å²) < 4.78 is 33.4. The Bertz CT molecular complexity index is 1550. The third kappa shape index (κ3) is 4.72. The van der Waals surface area contributed by atoms with Crippen LogP contribution in [0.15, 0.2) is 59.0 Å². The van der Waals surface area contributed by atoms with Crippen molar-refractivity contribution in [3.8, 4) is 0 Å². The molecule has 1 unspecified atom stereocenters. The molecule has 224 valence electrons. The maximum absolute atomic E-state index is 14.5. The van der Waals surface area contributed by atoms with Crippen LogP contribution in [-0.4, -0.2) is 105 Å². The molecule has 3 heterocycles. The van der Waals surface area contributed by atoms with Gasteiger partial charge in [-0.2, -0.15) is 4.31 Å². The largest absolute Gasteiger partial charge is 0.507 e. The fourth-order valence-corrected chi connectivity index (χ4v) is 7.50. The summed E-state index contributed by atoms with van der Waals surface area (Å²) in [6.45, 7) is 3.91. The molecule has 0 aromatic heterocycles. The Morgan fingerprint density at radius 3 is 2.43 bits per heavy atom. The number of aliphatic hydroxyl groups is 1. The van der Waals surface area contributed by atoms with Crippen LogP contribution >= 0.6 is 0 Å². The molecule has 0 aliphatic carbocycles. The van der Waals surface area contributed by atoms with Crippen molar-refractivity contribution in [3.63, 3.8) is 0 Å². The molecule has 11 nitrogen and oxygen atoms in total. The van der Waals surface area contributed by atoms with Crippen molar-refractivity contribution in [1.82, 2.24) is 14.1 Å². The number of aliphatic hydroxyl groups excluding tert-OH is 1. The summed E-state index contributed by atoms with van der Waals surface area (Å²) in [5, 5.41) is 11.8. The van der Waals surface area contributed by atoms with Gasteiger partial charge in [0.2, 0.25) is 10.0 Å². The van der Waals surface area contributed by atoms with E-state index in [-0.39, 0.29) is 48.9 Å². The third-order valence-corrected chi connectivity index (χ3v) is 9.85. The highest BCUT2D eigenvalue weighted by molar-refractivity contribution is 7.89. The van der Waals surface area contributed by atoms with E-state index in [2.05, 4.69) is 0 Å². The van der Waals surface area contributed by atoms with Crippen LogP contribution in [0.2, 0.25) is 0 Å². The van der Waals surface area contributed by atoms with Gasteiger partial charge in [0.25, 0.3) is 17.6 Å². The number of sulfonamides is 1. The monoisotopic (exact) mass is 596 g/mol. The Labute approximate surface area is 246 Å². The van der Waals surface area contributed by atoms with Crippen LogP contribution in [0.25, 0.3) is 5.76 Å². The van der Waals surface area contributed by atoms with Crippen molar-refractivity contribution < 1.29 is 32.6 Å². The first-order valence-electron chi connectivity index (χ1n) is 14.1. The molecule has 1 atom stereocenters. The van der Waals surface area contributed by atoms with E-state index in [1.165, 1.54) is 33.5 Å². The van der Waals surface area contributed by atoms with Crippen LogP contribution in [-0.2, 0) is 34.7 Å². The number of carbonyl (C=O) groups is 3. The lowest BCUT2D eigenvalue weighted by Crippen LogP contribution is -2.52. The zero-order valence-corrected chi connectivity index (χ0v) is 24.9. The Morgan fingerprint density at radius 2 is 1.74 bits per heavy atom. The number of ether oxygens (including phenoxy) is 1. The average Bonchev–Trinajstić information content (AvgIpc) is 3.36. The lowest BCUT2D eigenvalue weighted by atomic mass is 9.82. The molecule has 2 aromatic rings. The van der Waals surface area contributed by atoms with Gasteiger partial charge in [0.1, 0.15) is 5.76 Å². The quantitative estimate of drug-likeness (QED) is 0.265. The highest BCUT2D eigenvalue weighted by Gasteiger charge is 2.66. The van der Waals surface area contributed by atoms with Gasteiger partial charge in [-0.05, 0) is 51.7 Å². The first-order valence-corrected chi connectivity index (χ1v) is 15.5. The van der Waals surface area contributed by atoms with Gasteiger partial charge < -0.3 is 24.5 Å². The Kier molecular flexibility index (Phi) is 8.26. The predicted octanol–water partition coefficient (Wildman–Crippen LogP) is 1.99. The molecule has 42 heavy (non-hydrogen) atoms. The first kappa shape index (κ1) is 29.9. The van der Waals surface area contributed by atoms with Gasteiger partial charge in [-0.25, -0.2) is 8.42 Å². The summed E-state index contributed by atoms with van der Waals surface area (Å²) >= 11 is 0. The molecule has 2 saturated heterocycles. The smallest absolute Gasteiger partial charge is 0.296 e. The lowest BCUT2D eigenvalue weighted by molar-refractivity contribution is -0.143. The number of fused-ring (bicyclic) bond motifs is 2. The number of nitrogens with zero attached hydrogens (tertiary/aromatic N) is 4. The number of benzene rings is 2. The molecule has 3 aliphatic rings. The number of morpholine rings is 1. The maximum Gasteiger partial charge on any atom is 0.296 e. The molecule has 2 aromatic carbocycles. The van der Waals surface area contributed by atoms with Crippen LogP contribution in [0.5, 0.6) is 0 Å². The van der Waals surface area contributed by atoms with Crippen LogP contribution in [0.1, 0.15) is 30.9 Å². The fraction of sp³-hybridized carbons (Fsp3) is 0.433.